The number of rotatable bonds is 7. The van der Waals surface area contributed by atoms with Crippen molar-refractivity contribution >= 4 is 23.4 Å². The molecular formula is C15H19N3O3. The Kier molecular flexibility index (Phi) is 6.13. The zero-order valence-corrected chi connectivity index (χ0v) is 11.9. The fraction of sp³-hybridized carbons (Fsp3) is 0.267. The smallest absolute Gasteiger partial charge is 0.252 e. The Morgan fingerprint density at radius 2 is 2.10 bits per heavy atom. The number of carbonyl (C=O) groups excluding carboxylic acids is 3. The first-order valence-electron chi connectivity index (χ1n) is 6.52. The Morgan fingerprint density at radius 3 is 2.67 bits per heavy atom. The number of nitrogens with one attached hydrogen (secondary N) is 2. The molecule has 6 heteroatoms. The molecule has 0 unspecified atom stereocenters. The highest BCUT2D eigenvalue weighted by atomic mass is 16.2. The van der Waals surface area contributed by atoms with Crippen LogP contribution in [0.4, 0.5) is 5.69 Å². The number of allylic oxidation sites excluding steroid dienone is 1. The van der Waals surface area contributed by atoms with Gasteiger partial charge in [0.25, 0.3) is 5.91 Å². The van der Waals surface area contributed by atoms with E-state index >= 15 is 0 Å². The van der Waals surface area contributed by atoms with Crippen LogP contribution in [0, 0.1) is 0 Å². The molecule has 0 aliphatic heterocycles. The summed E-state index contributed by atoms with van der Waals surface area (Å²) in [5, 5.41) is 5.16. The minimum Gasteiger partial charge on any atom is -0.368 e. The number of carbonyl (C=O) groups is 3. The maximum Gasteiger partial charge on any atom is 0.252 e. The van der Waals surface area contributed by atoms with Gasteiger partial charge in [-0.25, -0.2) is 0 Å². The highest BCUT2D eigenvalue weighted by Crippen LogP contribution is 2.11. The van der Waals surface area contributed by atoms with Gasteiger partial charge in [0.1, 0.15) is 6.04 Å². The molecule has 3 amide bonds. The quantitative estimate of drug-likeness (QED) is 0.657. The number of hydrogen-bond acceptors (Lipinski definition) is 3. The van der Waals surface area contributed by atoms with Crippen LogP contribution < -0.4 is 16.4 Å². The molecule has 0 heterocycles. The van der Waals surface area contributed by atoms with Crippen molar-refractivity contribution in [3.05, 3.63) is 42.5 Å². The van der Waals surface area contributed by atoms with Crippen molar-refractivity contribution in [3.63, 3.8) is 0 Å². The maximum absolute atomic E-state index is 12.1. The zero-order valence-electron chi connectivity index (χ0n) is 11.9. The third-order valence-electron chi connectivity index (χ3n) is 2.75. The number of nitrogens with two attached hydrogens (primary N) is 1. The molecule has 0 spiro atoms. The van der Waals surface area contributed by atoms with Gasteiger partial charge in [0.05, 0.1) is 0 Å². The summed E-state index contributed by atoms with van der Waals surface area (Å²) in [7, 11) is 0. The molecule has 0 bridgehead atoms. The zero-order chi connectivity index (χ0) is 15.8. The van der Waals surface area contributed by atoms with Crippen LogP contribution in [0.1, 0.15) is 30.1 Å². The van der Waals surface area contributed by atoms with Gasteiger partial charge in [0.2, 0.25) is 11.8 Å². The fourth-order valence-corrected chi connectivity index (χ4v) is 1.75. The summed E-state index contributed by atoms with van der Waals surface area (Å²) in [6.07, 6.45) is 2.62. The van der Waals surface area contributed by atoms with Gasteiger partial charge in [-0.2, -0.15) is 0 Å². The summed E-state index contributed by atoms with van der Waals surface area (Å²) >= 11 is 0. The summed E-state index contributed by atoms with van der Waals surface area (Å²) in [4.78, 5) is 34.4. The molecule has 21 heavy (non-hydrogen) atoms. The molecule has 0 aromatic heterocycles. The summed E-state index contributed by atoms with van der Waals surface area (Å²) in [5.41, 5.74) is 6.10. The topological polar surface area (TPSA) is 101 Å². The molecule has 0 saturated carbocycles. The third kappa shape index (κ3) is 5.48. The second kappa shape index (κ2) is 7.84. The van der Waals surface area contributed by atoms with Crippen LogP contribution >= 0.6 is 0 Å². The molecule has 0 aliphatic carbocycles. The van der Waals surface area contributed by atoms with Gasteiger partial charge in [-0.3, -0.25) is 14.4 Å². The minimum absolute atomic E-state index is 0.228. The van der Waals surface area contributed by atoms with Crippen molar-refractivity contribution in [3.8, 4) is 0 Å². The lowest BCUT2D eigenvalue weighted by molar-refractivity contribution is -0.120. The molecular weight excluding hydrogens is 270 g/mol. The normalized spacial score (nSPS) is 11.3. The van der Waals surface area contributed by atoms with Crippen molar-refractivity contribution in [1.82, 2.24) is 5.32 Å². The van der Waals surface area contributed by atoms with E-state index in [1.165, 1.54) is 13.0 Å². The van der Waals surface area contributed by atoms with Crippen molar-refractivity contribution in [2.24, 2.45) is 5.73 Å². The molecule has 0 fully saturated rings. The van der Waals surface area contributed by atoms with Crippen molar-refractivity contribution < 1.29 is 14.4 Å². The Hall–Kier alpha value is -2.63. The molecule has 0 saturated heterocycles. The Bertz CT molecular complexity index is 555. The van der Waals surface area contributed by atoms with Crippen molar-refractivity contribution in [2.75, 3.05) is 5.32 Å². The van der Waals surface area contributed by atoms with Gasteiger partial charge < -0.3 is 16.4 Å². The van der Waals surface area contributed by atoms with E-state index in [0.717, 1.165) is 0 Å². The second-order valence-corrected chi connectivity index (χ2v) is 4.56. The van der Waals surface area contributed by atoms with Crippen LogP contribution in [0.25, 0.3) is 0 Å². The van der Waals surface area contributed by atoms with Crippen LogP contribution in [0.15, 0.2) is 36.9 Å². The van der Waals surface area contributed by atoms with Gasteiger partial charge in [0, 0.05) is 18.2 Å². The van der Waals surface area contributed by atoms with E-state index in [0.29, 0.717) is 24.1 Å². The molecule has 1 aromatic carbocycles. The van der Waals surface area contributed by atoms with Crippen LogP contribution in [-0.4, -0.2) is 23.8 Å². The number of amides is 3. The average Bonchev–Trinajstić information content (AvgIpc) is 2.42. The summed E-state index contributed by atoms with van der Waals surface area (Å²) in [5.74, 6) is -1.24. The monoisotopic (exact) mass is 289 g/mol. The van der Waals surface area contributed by atoms with Gasteiger partial charge in [-0.1, -0.05) is 12.1 Å². The van der Waals surface area contributed by atoms with E-state index in [9.17, 15) is 14.4 Å². The lowest BCUT2D eigenvalue weighted by Crippen LogP contribution is -2.44. The van der Waals surface area contributed by atoms with E-state index in [1.54, 1.807) is 24.3 Å². The average molecular weight is 289 g/mol. The van der Waals surface area contributed by atoms with Crippen LogP contribution in [-0.2, 0) is 9.59 Å². The first-order chi connectivity index (χ1) is 9.93. The molecule has 6 nitrogen and oxygen atoms in total. The predicted molar refractivity (Wildman–Crippen MR) is 80.6 cm³/mol. The highest BCUT2D eigenvalue weighted by molar-refractivity contribution is 5.99. The standard InChI is InChI=1S/C15H19N3O3/c1-3-4-8-13(14(16)20)18-15(21)11-6-5-7-12(9-11)17-10(2)19/h3,5-7,9,13H,1,4,8H2,2H3,(H2,16,20)(H,17,19)(H,18,21)/t13-/m0/s1. The minimum atomic E-state index is -0.750. The Labute approximate surface area is 123 Å². The highest BCUT2D eigenvalue weighted by Gasteiger charge is 2.18. The predicted octanol–water partition coefficient (Wildman–Crippen LogP) is 1.19. The summed E-state index contributed by atoms with van der Waals surface area (Å²) in [6.45, 7) is 4.94. The number of anilines is 1. The van der Waals surface area contributed by atoms with E-state index in [2.05, 4.69) is 17.2 Å². The molecule has 0 aliphatic rings. The van der Waals surface area contributed by atoms with E-state index in [-0.39, 0.29) is 5.91 Å². The largest absolute Gasteiger partial charge is 0.368 e. The summed E-state index contributed by atoms with van der Waals surface area (Å²) in [6, 6.07) is 5.68. The lowest BCUT2D eigenvalue weighted by Gasteiger charge is -2.15. The number of hydrogen-bond donors (Lipinski definition) is 3. The van der Waals surface area contributed by atoms with Crippen LogP contribution in [0.3, 0.4) is 0 Å². The number of benzene rings is 1. The van der Waals surface area contributed by atoms with Crippen molar-refractivity contribution in [2.45, 2.75) is 25.8 Å². The van der Waals surface area contributed by atoms with E-state index in [4.69, 9.17) is 5.73 Å². The SMILES string of the molecule is C=CCC[C@H](NC(=O)c1cccc(NC(C)=O)c1)C(N)=O. The van der Waals surface area contributed by atoms with Crippen molar-refractivity contribution in [1.29, 1.82) is 0 Å². The van der Waals surface area contributed by atoms with Crippen LogP contribution in [0.5, 0.6) is 0 Å². The van der Waals surface area contributed by atoms with Gasteiger partial charge >= 0.3 is 0 Å². The Balaban J connectivity index is 2.79. The molecule has 0 radical (unpaired) electrons. The number of primary amides is 1. The van der Waals surface area contributed by atoms with E-state index in [1.807, 2.05) is 0 Å². The van der Waals surface area contributed by atoms with Gasteiger partial charge in [-0.15, -0.1) is 6.58 Å². The lowest BCUT2D eigenvalue weighted by atomic mass is 10.1. The third-order valence-corrected chi connectivity index (χ3v) is 2.75. The first-order valence-corrected chi connectivity index (χ1v) is 6.52. The molecule has 1 atom stereocenters. The molecule has 112 valence electrons. The van der Waals surface area contributed by atoms with Crippen LogP contribution in [0.2, 0.25) is 0 Å². The first kappa shape index (κ1) is 16.4. The van der Waals surface area contributed by atoms with Gasteiger partial charge in [-0.05, 0) is 31.0 Å². The van der Waals surface area contributed by atoms with Gasteiger partial charge in [0.15, 0.2) is 0 Å². The van der Waals surface area contributed by atoms with E-state index < -0.39 is 17.9 Å². The molecule has 4 N–H and O–H groups in total. The molecule has 1 rings (SSSR count). The maximum atomic E-state index is 12.1. The Morgan fingerprint density at radius 1 is 1.38 bits per heavy atom. The molecule has 1 aromatic rings. The summed E-state index contributed by atoms with van der Waals surface area (Å²) < 4.78 is 0. The fourth-order valence-electron chi connectivity index (χ4n) is 1.75. The second-order valence-electron chi connectivity index (χ2n) is 4.56.